The molecule has 1 aromatic rings. The molecule has 7 heteroatoms. The molecule has 3 unspecified atom stereocenters. The summed E-state index contributed by atoms with van der Waals surface area (Å²) in [7, 11) is 1.63. The third-order valence-corrected chi connectivity index (χ3v) is 6.55. The molecule has 2 rings (SSSR count). The van der Waals surface area contributed by atoms with Crippen molar-refractivity contribution in [2.24, 2.45) is 5.92 Å². The summed E-state index contributed by atoms with van der Waals surface area (Å²) in [5.41, 5.74) is 0.878. The van der Waals surface area contributed by atoms with Gasteiger partial charge < -0.3 is 20.3 Å². The summed E-state index contributed by atoms with van der Waals surface area (Å²) in [6.07, 6.45) is 6.98. The molecule has 0 heterocycles. The smallest absolute Gasteiger partial charge is 0.408 e. The monoisotopic (exact) mass is 485 g/mol. The van der Waals surface area contributed by atoms with E-state index in [9.17, 15) is 14.4 Å². The third-order valence-electron chi connectivity index (χ3n) is 6.55. The van der Waals surface area contributed by atoms with E-state index < -0.39 is 23.8 Å². The molecular formula is C28H43N3O4. The van der Waals surface area contributed by atoms with Crippen LogP contribution in [0.25, 0.3) is 6.08 Å². The van der Waals surface area contributed by atoms with Crippen molar-refractivity contribution in [1.29, 1.82) is 0 Å². The largest absolute Gasteiger partial charge is 0.444 e. The van der Waals surface area contributed by atoms with Crippen molar-refractivity contribution in [3.8, 4) is 0 Å². The molecule has 35 heavy (non-hydrogen) atoms. The zero-order valence-corrected chi connectivity index (χ0v) is 22.2. The molecule has 0 aliphatic heterocycles. The van der Waals surface area contributed by atoms with Crippen LogP contribution in [0, 0.1) is 5.92 Å². The highest BCUT2D eigenvalue weighted by Crippen LogP contribution is 2.26. The molecule has 0 aromatic heterocycles. The van der Waals surface area contributed by atoms with E-state index in [4.69, 9.17) is 4.74 Å². The fourth-order valence-electron chi connectivity index (χ4n) is 4.40. The number of likely N-dealkylation sites (N-methyl/N-ethyl adjacent to an activating group) is 1. The summed E-state index contributed by atoms with van der Waals surface area (Å²) in [5, 5.41) is 5.93. The van der Waals surface area contributed by atoms with Gasteiger partial charge in [0.15, 0.2) is 0 Å². The first-order valence-corrected chi connectivity index (χ1v) is 12.8. The van der Waals surface area contributed by atoms with Gasteiger partial charge >= 0.3 is 6.09 Å². The van der Waals surface area contributed by atoms with E-state index in [1.54, 1.807) is 33.9 Å². The lowest BCUT2D eigenvalue weighted by atomic mass is 9.93. The van der Waals surface area contributed by atoms with E-state index in [2.05, 4.69) is 17.2 Å². The van der Waals surface area contributed by atoms with Gasteiger partial charge in [0.25, 0.3) is 0 Å². The van der Waals surface area contributed by atoms with Gasteiger partial charge in [-0.15, -0.1) is 0 Å². The molecule has 7 nitrogen and oxygen atoms in total. The van der Waals surface area contributed by atoms with Gasteiger partial charge in [0.2, 0.25) is 11.8 Å². The van der Waals surface area contributed by atoms with Gasteiger partial charge in [0, 0.05) is 13.1 Å². The summed E-state index contributed by atoms with van der Waals surface area (Å²) in [6.45, 7) is 13.0. The van der Waals surface area contributed by atoms with Gasteiger partial charge in [-0.05, 0) is 56.7 Å². The average molecular weight is 486 g/mol. The molecule has 0 radical (unpaired) electrons. The predicted octanol–water partition coefficient (Wildman–Crippen LogP) is 5.22. The Morgan fingerprint density at radius 2 is 1.86 bits per heavy atom. The van der Waals surface area contributed by atoms with Gasteiger partial charge in [-0.25, -0.2) is 4.79 Å². The highest BCUT2D eigenvalue weighted by atomic mass is 16.6. The van der Waals surface area contributed by atoms with Crippen molar-refractivity contribution >= 4 is 24.0 Å². The Kier molecular flexibility index (Phi) is 10.3. The standard InChI is InChI=1S/C28H43N3O4/c1-8-19(3)23(30-27(34)35-28(4,5)6)26(33)31(7)24(21-15-13-14-20(9-2)18-21)25(32)29-22-16-11-10-12-17-22/h9,13-15,18-19,22-24H,2,8,10-12,16-17H2,1,3-7H3,(H,29,32)(H,30,34). The molecule has 0 saturated heterocycles. The first-order valence-electron chi connectivity index (χ1n) is 12.8. The van der Waals surface area contributed by atoms with Crippen molar-refractivity contribution < 1.29 is 19.1 Å². The maximum atomic E-state index is 13.8. The van der Waals surface area contributed by atoms with E-state index >= 15 is 0 Å². The first kappa shape index (κ1) is 28.4. The Bertz CT molecular complexity index is 886. The number of carbonyl (C=O) groups is 3. The molecule has 194 valence electrons. The minimum absolute atomic E-state index is 0.107. The number of alkyl carbamates (subject to hydrolysis) is 1. The molecule has 1 saturated carbocycles. The van der Waals surface area contributed by atoms with Gasteiger partial charge in [-0.1, -0.05) is 70.4 Å². The maximum Gasteiger partial charge on any atom is 0.408 e. The summed E-state index contributed by atoms with van der Waals surface area (Å²) in [5.74, 6) is -0.703. The second kappa shape index (κ2) is 12.8. The van der Waals surface area contributed by atoms with Crippen LogP contribution in [0.5, 0.6) is 0 Å². The second-order valence-electron chi connectivity index (χ2n) is 10.6. The van der Waals surface area contributed by atoms with Crippen LogP contribution in [-0.2, 0) is 14.3 Å². The van der Waals surface area contributed by atoms with Crippen LogP contribution in [0.4, 0.5) is 4.79 Å². The number of nitrogens with one attached hydrogen (secondary N) is 2. The third kappa shape index (κ3) is 8.41. The van der Waals surface area contributed by atoms with Crippen molar-refractivity contribution in [3.63, 3.8) is 0 Å². The fourth-order valence-corrected chi connectivity index (χ4v) is 4.40. The van der Waals surface area contributed by atoms with E-state index in [0.29, 0.717) is 12.0 Å². The number of ether oxygens (including phenoxy) is 1. The Morgan fingerprint density at radius 1 is 1.20 bits per heavy atom. The number of nitrogens with zero attached hydrogens (tertiary/aromatic N) is 1. The van der Waals surface area contributed by atoms with Crippen LogP contribution < -0.4 is 10.6 Å². The minimum Gasteiger partial charge on any atom is -0.444 e. The van der Waals surface area contributed by atoms with Crippen LogP contribution >= 0.6 is 0 Å². The Labute approximate surface area is 210 Å². The minimum atomic E-state index is -0.837. The topological polar surface area (TPSA) is 87.7 Å². The SMILES string of the molecule is C=Cc1cccc(C(C(=O)NC2CCCCC2)N(C)C(=O)C(NC(=O)OC(C)(C)C)C(C)CC)c1. The van der Waals surface area contributed by atoms with Crippen molar-refractivity contribution in [2.75, 3.05) is 7.05 Å². The zero-order valence-electron chi connectivity index (χ0n) is 22.2. The lowest BCUT2D eigenvalue weighted by Crippen LogP contribution is -2.54. The Balaban J connectivity index is 2.35. The Morgan fingerprint density at radius 3 is 2.43 bits per heavy atom. The maximum absolute atomic E-state index is 13.8. The number of benzene rings is 1. The molecule has 0 bridgehead atoms. The fraction of sp³-hybridized carbons (Fsp3) is 0.607. The van der Waals surface area contributed by atoms with Gasteiger partial charge in [-0.2, -0.15) is 0 Å². The number of hydrogen-bond donors (Lipinski definition) is 2. The molecule has 0 spiro atoms. The van der Waals surface area contributed by atoms with Crippen LogP contribution in [0.1, 0.15) is 90.3 Å². The van der Waals surface area contributed by atoms with Crippen LogP contribution in [0.15, 0.2) is 30.8 Å². The molecule has 2 N–H and O–H groups in total. The van der Waals surface area contributed by atoms with E-state index in [1.807, 2.05) is 38.1 Å². The molecule has 1 aliphatic rings. The number of carbonyl (C=O) groups excluding carboxylic acids is 3. The lowest BCUT2D eigenvalue weighted by Gasteiger charge is -2.34. The van der Waals surface area contributed by atoms with Crippen LogP contribution in [-0.4, -0.2) is 47.5 Å². The Hall–Kier alpha value is -2.83. The van der Waals surface area contributed by atoms with Crippen molar-refractivity contribution in [2.45, 2.75) is 96.9 Å². The molecule has 1 aliphatic carbocycles. The molecule has 3 amide bonds. The highest BCUT2D eigenvalue weighted by molar-refractivity contribution is 5.92. The zero-order chi connectivity index (χ0) is 26.2. The number of hydrogen-bond acceptors (Lipinski definition) is 4. The van der Waals surface area contributed by atoms with Crippen LogP contribution in [0.2, 0.25) is 0 Å². The lowest BCUT2D eigenvalue weighted by molar-refractivity contribution is -0.142. The highest BCUT2D eigenvalue weighted by Gasteiger charge is 2.36. The summed E-state index contributed by atoms with van der Waals surface area (Å²) in [6, 6.07) is 5.93. The van der Waals surface area contributed by atoms with Crippen molar-refractivity contribution in [3.05, 3.63) is 42.0 Å². The molecule has 3 atom stereocenters. The quantitative estimate of drug-likeness (QED) is 0.502. The van der Waals surface area contributed by atoms with E-state index in [-0.39, 0.29) is 23.8 Å². The molecular weight excluding hydrogens is 442 g/mol. The van der Waals surface area contributed by atoms with Gasteiger partial charge in [-0.3, -0.25) is 9.59 Å². The average Bonchev–Trinajstić information content (AvgIpc) is 2.81. The molecule has 1 aromatic carbocycles. The predicted molar refractivity (Wildman–Crippen MR) is 140 cm³/mol. The summed E-state index contributed by atoms with van der Waals surface area (Å²) < 4.78 is 5.40. The number of rotatable bonds is 9. The first-order chi connectivity index (χ1) is 16.5. The number of amides is 3. The summed E-state index contributed by atoms with van der Waals surface area (Å²) in [4.78, 5) is 41.3. The van der Waals surface area contributed by atoms with Gasteiger partial charge in [0.05, 0.1) is 0 Å². The van der Waals surface area contributed by atoms with Gasteiger partial charge in [0.1, 0.15) is 17.7 Å². The van der Waals surface area contributed by atoms with Crippen molar-refractivity contribution in [1.82, 2.24) is 15.5 Å². The molecule has 1 fully saturated rings. The normalized spacial score (nSPS) is 17.0. The second-order valence-corrected chi connectivity index (χ2v) is 10.6. The van der Waals surface area contributed by atoms with E-state index in [1.165, 1.54) is 11.3 Å². The summed E-state index contributed by atoms with van der Waals surface area (Å²) >= 11 is 0. The van der Waals surface area contributed by atoms with Crippen LogP contribution in [0.3, 0.4) is 0 Å². The van der Waals surface area contributed by atoms with E-state index in [0.717, 1.165) is 31.2 Å².